The Balaban J connectivity index is 2.94. The summed E-state index contributed by atoms with van der Waals surface area (Å²) in [6.45, 7) is 6.02. The first-order valence-electron chi connectivity index (χ1n) is 6.16. The van der Waals surface area contributed by atoms with Gasteiger partial charge in [-0.15, -0.1) is 0 Å². The van der Waals surface area contributed by atoms with E-state index in [1.165, 1.54) is 0 Å². The maximum atomic E-state index is 9.24. The number of rotatable bonds is 6. The second-order valence-electron chi connectivity index (χ2n) is 4.69. The molecule has 0 aliphatic carbocycles. The zero-order chi connectivity index (χ0) is 13.7. The van der Waals surface area contributed by atoms with Gasteiger partial charge in [0.2, 0.25) is 0 Å². The molecule has 1 N–H and O–H groups in total. The van der Waals surface area contributed by atoms with Crippen molar-refractivity contribution in [3.8, 4) is 0 Å². The zero-order valence-electron chi connectivity index (χ0n) is 11.5. The largest absolute Gasteiger partial charge is 0.392 e. The summed E-state index contributed by atoms with van der Waals surface area (Å²) in [5.74, 6) is 0.861. The average Bonchev–Trinajstić information content (AvgIpc) is 2.31. The van der Waals surface area contributed by atoms with E-state index in [4.69, 9.17) is 11.6 Å². The van der Waals surface area contributed by atoms with Gasteiger partial charge in [0.1, 0.15) is 5.82 Å². The molecule has 18 heavy (non-hydrogen) atoms. The molecule has 0 aromatic carbocycles. The van der Waals surface area contributed by atoms with E-state index in [-0.39, 0.29) is 6.61 Å². The summed E-state index contributed by atoms with van der Waals surface area (Å²) in [6.07, 6.45) is 1.60. The number of aliphatic hydroxyl groups is 1. The van der Waals surface area contributed by atoms with Crippen molar-refractivity contribution < 1.29 is 5.11 Å². The SMILES string of the molecule is CCN(c1cc(CO)c(Cl)cn1)C(C)CN(C)C. The lowest BCUT2D eigenvalue weighted by molar-refractivity contribution is 0.282. The molecule has 102 valence electrons. The molecule has 0 saturated heterocycles. The number of halogens is 1. The van der Waals surface area contributed by atoms with Gasteiger partial charge in [0.25, 0.3) is 0 Å². The molecule has 0 spiro atoms. The number of likely N-dealkylation sites (N-methyl/N-ethyl adjacent to an activating group) is 2. The third-order valence-electron chi connectivity index (χ3n) is 2.89. The van der Waals surface area contributed by atoms with Gasteiger partial charge in [-0.3, -0.25) is 0 Å². The van der Waals surface area contributed by atoms with E-state index in [1.54, 1.807) is 6.20 Å². The Morgan fingerprint density at radius 1 is 1.44 bits per heavy atom. The predicted molar refractivity (Wildman–Crippen MR) is 76.2 cm³/mol. The molecule has 0 amide bonds. The Morgan fingerprint density at radius 3 is 2.61 bits per heavy atom. The highest BCUT2D eigenvalue weighted by molar-refractivity contribution is 6.31. The number of aromatic nitrogens is 1. The highest BCUT2D eigenvalue weighted by Gasteiger charge is 2.15. The molecule has 1 aromatic rings. The van der Waals surface area contributed by atoms with Crippen molar-refractivity contribution in [2.24, 2.45) is 0 Å². The molecule has 0 bridgehead atoms. The van der Waals surface area contributed by atoms with Gasteiger partial charge < -0.3 is 14.9 Å². The first kappa shape index (κ1) is 15.2. The Bertz CT molecular complexity index is 384. The van der Waals surface area contributed by atoms with Crippen LogP contribution in [0.15, 0.2) is 12.3 Å². The van der Waals surface area contributed by atoms with Crippen molar-refractivity contribution in [1.82, 2.24) is 9.88 Å². The second kappa shape index (κ2) is 6.92. The fourth-order valence-corrected chi connectivity index (χ4v) is 2.24. The topological polar surface area (TPSA) is 39.6 Å². The van der Waals surface area contributed by atoms with Gasteiger partial charge in [-0.2, -0.15) is 0 Å². The van der Waals surface area contributed by atoms with Crippen LogP contribution in [-0.2, 0) is 6.61 Å². The molecule has 1 aromatic heterocycles. The molecule has 1 atom stereocenters. The van der Waals surface area contributed by atoms with Crippen LogP contribution in [-0.4, -0.2) is 48.2 Å². The van der Waals surface area contributed by atoms with Crippen LogP contribution >= 0.6 is 11.6 Å². The van der Waals surface area contributed by atoms with Gasteiger partial charge in [-0.1, -0.05) is 11.6 Å². The molecule has 1 heterocycles. The molecular weight excluding hydrogens is 250 g/mol. The van der Waals surface area contributed by atoms with E-state index in [9.17, 15) is 5.11 Å². The number of hydrogen-bond donors (Lipinski definition) is 1. The maximum Gasteiger partial charge on any atom is 0.129 e. The summed E-state index contributed by atoms with van der Waals surface area (Å²) in [6, 6.07) is 2.21. The normalized spacial score (nSPS) is 12.8. The lowest BCUT2D eigenvalue weighted by Crippen LogP contribution is -2.40. The first-order valence-corrected chi connectivity index (χ1v) is 6.54. The first-order chi connectivity index (χ1) is 8.49. The lowest BCUT2D eigenvalue weighted by Gasteiger charge is -2.31. The van der Waals surface area contributed by atoms with Gasteiger partial charge >= 0.3 is 0 Å². The molecule has 1 unspecified atom stereocenters. The fourth-order valence-electron chi connectivity index (χ4n) is 2.07. The van der Waals surface area contributed by atoms with Crippen LogP contribution in [0.25, 0.3) is 0 Å². The molecule has 0 aliphatic heterocycles. The third kappa shape index (κ3) is 3.83. The number of anilines is 1. The van der Waals surface area contributed by atoms with Gasteiger partial charge in [-0.25, -0.2) is 4.98 Å². The van der Waals surface area contributed by atoms with E-state index >= 15 is 0 Å². The zero-order valence-corrected chi connectivity index (χ0v) is 12.3. The Morgan fingerprint density at radius 2 is 2.11 bits per heavy atom. The van der Waals surface area contributed by atoms with Crippen LogP contribution in [0, 0.1) is 0 Å². The van der Waals surface area contributed by atoms with Crippen LogP contribution in [0.4, 0.5) is 5.82 Å². The summed E-state index contributed by atoms with van der Waals surface area (Å²) in [7, 11) is 4.11. The van der Waals surface area contributed by atoms with E-state index in [0.717, 1.165) is 24.5 Å². The number of hydrogen-bond acceptors (Lipinski definition) is 4. The molecule has 4 nitrogen and oxygen atoms in total. The van der Waals surface area contributed by atoms with Crippen molar-refractivity contribution in [3.05, 3.63) is 22.8 Å². The Kier molecular flexibility index (Phi) is 5.85. The number of nitrogens with zero attached hydrogens (tertiary/aromatic N) is 3. The summed E-state index contributed by atoms with van der Waals surface area (Å²) in [5.41, 5.74) is 0.720. The quantitative estimate of drug-likeness (QED) is 0.859. The van der Waals surface area contributed by atoms with Crippen LogP contribution < -0.4 is 4.90 Å². The molecule has 5 heteroatoms. The molecule has 0 aliphatic rings. The average molecular weight is 272 g/mol. The number of aliphatic hydroxyl groups excluding tert-OH is 1. The standard InChI is InChI=1S/C13H22ClN3O/c1-5-17(10(2)8-16(3)4)13-6-11(9-18)12(14)7-15-13/h6-7,10,18H,5,8-9H2,1-4H3. The summed E-state index contributed by atoms with van der Waals surface area (Å²) >= 11 is 5.96. The van der Waals surface area contributed by atoms with E-state index < -0.39 is 0 Å². The van der Waals surface area contributed by atoms with Crippen molar-refractivity contribution in [2.45, 2.75) is 26.5 Å². The van der Waals surface area contributed by atoms with Crippen LogP contribution in [0.1, 0.15) is 19.4 Å². The minimum Gasteiger partial charge on any atom is -0.392 e. The van der Waals surface area contributed by atoms with Gasteiger partial charge in [0.15, 0.2) is 0 Å². The van der Waals surface area contributed by atoms with E-state index in [1.807, 2.05) is 6.07 Å². The minimum atomic E-state index is -0.0615. The highest BCUT2D eigenvalue weighted by Crippen LogP contribution is 2.21. The summed E-state index contributed by atoms with van der Waals surface area (Å²) in [4.78, 5) is 8.70. The summed E-state index contributed by atoms with van der Waals surface area (Å²) < 4.78 is 0. The van der Waals surface area contributed by atoms with Crippen molar-refractivity contribution in [2.75, 3.05) is 32.1 Å². The van der Waals surface area contributed by atoms with Crippen LogP contribution in [0.3, 0.4) is 0 Å². The van der Waals surface area contributed by atoms with Crippen molar-refractivity contribution >= 4 is 17.4 Å². The second-order valence-corrected chi connectivity index (χ2v) is 5.10. The molecular formula is C13H22ClN3O. The van der Waals surface area contributed by atoms with Crippen LogP contribution in [0.5, 0.6) is 0 Å². The molecule has 1 rings (SSSR count). The fraction of sp³-hybridized carbons (Fsp3) is 0.615. The third-order valence-corrected chi connectivity index (χ3v) is 3.23. The maximum absolute atomic E-state index is 9.24. The summed E-state index contributed by atoms with van der Waals surface area (Å²) in [5, 5.41) is 9.75. The number of pyridine rings is 1. The molecule has 0 saturated carbocycles. The van der Waals surface area contributed by atoms with Crippen LogP contribution in [0.2, 0.25) is 5.02 Å². The monoisotopic (exact) mass is 271 g/mol. The van der Waals surface area contributed by atoms with E-state index in [0.29, 0.717) is 11.1 Å². The minimum absolute atomic E-state index is 0.0615. The van der Waals surface area contributed by atoms with Gasteiger partial charge in [-0.05, 0) is 34.0 Å². The molecule has 0 fully saturated rings. The van der Waals surface area contributed by atoms with Gasteiger partial charge in [0.05, 0.1) is 11.6 Å². The molecule has 0 radical (unpaired) electrons. The van der Waals surface area contributed by atoms with Gasteiger partial charge in [0, 0.05) is 30.9 Å². The van der Waals surface area contributed by atoms with E-state index in [2.05, 4.69) is 42.7 Å². The highest BCUT2D eigenvalue weighted by atomic mass is 35.5. The van der Waals surface area contributed by atoms with Crippen molar-refractivity contribution in [1.29, 1.82) is 0 Å². The Hall–Kier alpha value is -0.840. The predicted octanol–water partition coefficient (Wildman–Crippen LogP) is 2.00. The van der Waals surface area contributed by atoms with Crippen molar-refractivity contribution in [3.63, 3.8) is 0 Å². The Labute approximate surface area is 114 Å². The lowest BCUT2D eigenvalue weighted by atomic mass is 10.2. The smallest absolute Gasteiger partial charge is 0.129 e.